The first kappa shape index (κ1) is 34.1. The molecule has 0 saturated carbocycles. The van der Waals surface area contributed by atoms with Gasteiger partial charge in [0.05, 0.1) is 0 Å². The van der Waals surface area contributed by atoms with Gasteiger partial charge in [-0.1, -0.05) is 34.8 Å². The maximum absolute atomic E-state index is 10.1. The molecule has 0 aliphatic carbocycles. The van der Waals surface area contributed by atoms with Gasteiger partial charge in [0.25, 0.3) is 0 Å². The number of halogens is 3. The SMILES string of the molecule is O=C(O)COc1ccc(Cl)cc1.O=C(O)COc1ccc(Cl)cc1.O=C(O)COc1ccc(Cl)cc1.[Au]. The first-order chi connectivity index (χ1) is 17.0. The second kappa shape index (κ2) is 19.2. The Morgan fingerprint density at radius 3 is 0.838 bits per heavy atom. The standard InChI is InChI=1S/3C8H7ClO3.Au/c3*9-6-1-3-7(4-2-6)12-5-8(10)11;/h3*1-4H,5H2,(H,10,11);. The fourth-order valence-corrected chi connectivity index (χ4v) is 2.41. The van der Waals surface area contributed by atoms with E-state index in [0.29, 0.717) is 32.3 Å². The van der Waals surface area contributed by atoms with Crippen molar-refractivity contribution >= 4 is 52.7 Å². The molecule has 0 spiro atoms. The summed E-state index contributed by atoms with van der Waals surface area (Å²) in [6, 6.07) is 19.5. The maximum Gasteiger partial charge on any atom is 0.341 e. The third-order valence-corrected chi connectivity index (χ3v) is 4.28. The van der Waals surface area contributed by atoms with Gasteiger partial charge in [0.15, 0.2) is 19.8 Å². The summed E-state index contributed by atoms with van der Waals surface area (Å²) in [5.74, 6) is -1.48. The van der Waals surface area contributed by atoms with Crippen molar-refractivity contribution in [3.63, 3.8) is 0 Å². The molecule has 3 rings (SSSR count). The minimum absolute atomic E-state index is 0. The van der Waals surface area contributed by atoms with Gasteiger partial charge in [0.2, 0.25) is 0 Å². The van der Waals surface area contributed by atoms with Crippen molar-refractivity contribution < 1.29 is 66.3 Å². The molecule has 0 fully saturated rings. The van der Waals surface area contributed by atoms with Crippen molar-refractivity contribution in [2.24, 2.45) is 0 Å². The van der Waals surface area contributed by atoms with Crippen LogP contribution in [0.1, 0.15) is 0 Å². The van der Waals surface area contributed by atoms with Crippen molar-refractivity contribution in [2.75, 3.05) is 19.8 Å². The molecular weight excluding hydrogens is 736 g/mol. The zero-order chi connectivity index (χ0) is 26.9. The molecule has 13 heteroatoms. The van der Waals surface area contributed by atoms with E-state index in [9.17, 15) is 14.4 Å². The van der Waals surface area contributed by atoms with Crippen LogP contribution < -0.4 is 14.2 Å². The van der Waals surface area contributed by atoms with Gasteiger partial charge in [-0.2, -0.15) is 0 Å². The third kappa shape index (κ3) is 18.0. The molecule has 0 unspecified atom stereocenters. The van der Waals surface area contributed by atoms with Crippen LogP contribution in [0.15, 0.2) is 72.8 Å². The summed E-state index contributed by atoms with van der Waals surface area (Å²) < 4.78 is 14.6. The molecule has 9 nitrogen and oxygen atoms in total. The quantitative estimate of drug-likeness (QED) is 0.245. The average Bonchev–Trinajstić information content (AvgIpc) is 2.84. The molecule has 37 heavy (non-hydrogen) atoms. The Morgan fingerprint density at radius 1 is 0.486 bits per heavy atom. The van der Waals surface area contributed by atoms with E-state index in [1.54, 1.807) is 72.8 Å². The van der Waals surface area contributed by atoms with Crippen molar-refractivity contribution in [1.82, 2.24) is 0 Å². The number of hydrogen-bond acceptors (Lipinski definition) is 6. The number of benzene rings is 3. The van der Waals surface area contributed by atoms with Gasteiger partial charge in [-0.15, -0.1) is 0 Å². The summed E-state index contributed by atoms with van der Waals surface area (Å²) in [7, 11) is 0. The van der Waals surface area contributed by atoms with E-state index >= 15 is 0 Å². The average molecular weight is 757 g/mol. The number of carboxylic acid groups (broad SMARTS) is 3. The van der Waals surface area contributed by atoms with Gasteiger partial charge < -0.3 is 29.5 Å². The Labute approximate surface area is 242 Å². The van der Waals surface area contributed by atoms with Crippen LogP contribution in [0.3, 0.4) is 0 Å². The van der Waals surface area contributed by atoms with Crippen LogP contribution in [0.25, 0.3) is 0 Å². The fourth-order valence-electron chi connectivity index (χ4n) is 2.03. The van der Waals surface area contributed by atoms with E-state index in [2.05, 4.69) is 0 Å². The Morgan fingerprint density at radius 2 is 0.676 bits per heavy atom. The number of aliphatic carboxylic acids is 3. The molecule has 3 aromatic carbocycles. The zero-order valence-electron chi connectivity index (χ0n) is 18.8. The van der Waals surface area contributed by atoms with Crippen LogP contribution in [0.5, 0.6) is 17.2 Å². The number of carbonyl (C=O) groups is 3. The predicted octanol–water partition coefficient (Wildman–Crippen LogP) is 5.41. The van der Waals surface area contributed by atoms with Crippen molar-refractivity contribution in [2.45, 2.75) is 0 Å². The van der Waals surface area contributed by atoms with Crippen molar-refractivity contribution in [3.8, 4) is 17.2 Å². The first-order valence-electron chi connectivity index (χ1n) is 9.85. The molecule has 0 amide bonds. The predicted molar refractivity (Wildman–Crippen MR) is 134 cm³/mol. The molecule has 0 aliphatic heterocycles. The van der Waals surface area contributed by atoms with Crippen LogP contribution in [0, 0.1) is 0 Å². The van der Waals surface area contributed by atoms with E-state index in [0.717, 1.165) is 0 Å². The van der Waals surface area contributed by atoms with Gasteiger partial charge in [-0.25, -0.2) is 14.4 Å². The van der Waals surface area contributed by atoms with E-state index in [-0.39, 0.29) is 42.2 Å². The largest absolute Gasteiger partial charge is 0.482 e. The number of ether oxygens (including phenoxy) is 3. The molecule has 0 heterocycles. The molecule has 3 N–H and O–H groups in total. The normalized spacial score (nSPS) is 9.16. The number of rotatable bonds is 9. The van der Waals surface area contributed by atoms with Gasteiger partial charge in [0, 0.05) is 37.4 Å². The molecule has 0 atom stereocenters. The smallest absolute Gasteiger partial charge is 0.341 e. The van der Waals surface area contributed by atoms with Crippen LogP contribution >= 0.6 is 34.8 Å². The van der Waals surface area contributed by atoms with Gasteiger partial charge in [0.1, 0.15) is 17.2 Å². The molecule has 0 bridgehead atoms. The Balaban J connectivity index is 0.000000518. The number of carboxylic acids is 3. The monoisotopic (exact) mass is 755 g/mol. The molecule has 203 valence electrons. The van der Waals surface area contributed by atoms with Crippen molar-refractivity contribution in [3.05, 3.63) is 87.9 Å². The summed E-state index contributed by atoms with van der Waals surface area (Å²) in [5, 5.41) is 26.6. The fraction of sp³-hybridized carbons (Fsp3) is 0.125. The van der Waals surface area contributed by atoms with E-state index < -0.39 is 17.9 Å². The molecule has 0 aliphatic rings. The van der Waals surface area contributed by atoms with Crippen molar-refractivity contribution in [1.29, 1.82) is 0 Å². The number of hydrogen-bond donors (Lipinski definition) is 3. The summed E-state index contributed by atoms with van der Waals surface area (Å²) in [6.07, 6.45) is 0. The van der Waals surface area contributed by atoms with Crippen LogP contribution in [-0.2, 0) is 36.8 Å². The molecule has 3 aromatic rings. The summed E-state index contributed by atoms with van der Waals surface area (Å²) in [5.41, 5.74) is 0. The van der Waals surface area contributed by atoms with Gasteiger partial charge >= 0.3 is 17.9 Å². The summed E-state index contributed by atoms with van der Waals surface area (Å²) >= 11 is 16.8. The Bertz CT molecular complexity index is 952. The third-order valence-electron chi connectivity index (χ3n) is 3.53. The van der Waals surface area contributed by atoms with Crippen LogP contribution in [-0.4, -0.2) is 53.0 Å². The minimum Gasteiger partial charge on any atom is -0.482 e. The topological polar surface area (TPSA) is 140 Å². The van der Waals surface area contributed by atoms with Crippen LogP contribution in [0.4, 0.5) is 0 Å². The molecule has 1 radical (unpaired) electrons. The second-order valence-electron chi connectivity index (χ2n) is 6.41. The molecule has 0 saturated heterocycles. The van der Waals surface area contributed by atoms with E-state index in [1.807, 2.05) is 0 Å². The zero-order valence-corrected chi connectivity index (χ0v) is 23.2. The van der Waals surface area contributed by atoms with E-state index in [4.69, 9.17) is 64.3 Å². The summed E-state index contributed by atoms with van der Waals surface area (Å²) in [6.45, 7) is -0.995. The van der Waals surface area contributed by atoms with Crippen LogP contribution in [0.2, 0.25) is 15.1 Å². The van der Waals surface area contributed by atoms with Gasteiger partial charge in [-0.05, 0) is 72.8 Å². The first-order valence-corrected chi connectivity index (χ1v) is 11.0. The van der Waals surface area contributed by atoms with Gasteiger partial charge in [-0.3, -0.25) is 0 Å². The Hall–Kier alpha value is -2.92. The minimum atomic E-state index is -0.995. The molecular formula is C24H21AuCl3O9. The second-order valence-corrected chi connectivity index (χ2v) is 7.72. The summed E-state index contributed by atoms with van der Waals surface area (Å²) in [4.78, 5) is 30.3. The maximum atomic E-state index is 10.1. The van der Waals surface area contributed by atoms with E-state index in [1.165, 1.54) is 0 Å². The Kier molecular flexibility index (Phi) is 17.7. The molecule has 0 aromatic heterocycles.